The first-order valence-electron chi connectivity index (χ1n) is 4.53. The lowest BCUT2D eigenvalue weighted by atomic mass is 10.1. The van der Waals surface area contributed by atoms with E-state index in [0.29, 0.717) is 13.2 Å². The molecule has 0 spiro atoms. The minimum absolute atomic E-state index is 0.623. The van der Waals surface area contributed by atoms with Crippen molar-refractivity contribution in [1.29, 1.82) is 0 Å². The number of ether oxygens (including phenoxy) is 2. The minimum Gasteiger partial charge on any atom is -0.380 e. The standard InChI is InChI=1S/C12H16O2/c1-4-10-5-11(8-13-2)7-12(6-10)9-14-3/h4-7H,1,8-9H2,2-3H3. The van der Waals surface area contributed by atoms with Crippen LogP contribution in [0.5, 0.6) is 0 Å². The Morgan fingerprint density at radius 2 is 1.57 bits per heavy atom. The van der Waals surface area contributed by atoms with Crippen LogP contribution < -0.4 is 0 Å². The summed E-state index contributed by atoms with van der Waals surface area (Å²) in [5.41, 5.74) is 3.40. The lowest BCUT2D eigenvalue weighted by Gasteiger charge is -2.06. The molecule has 1 aromatic carbocycles. The summed E-state index contributed by atoms with van der Waals surface area (Å²) < 4.78 is 10.2. The third kappa shape index (κ3) is 2.98. The van der Waals surface area contributed by atoms with E-state index in [4.69, 9.17) is 9.47 Å². The van der Waals surface area contributed by atoms with Gasteiger partial charge >= 0.3 is 0 Å². The molecule has 1 rings (SSSR count). The first-order chi connectivity index (χ1) is 6.80. The second-order valence-electron chi connectivity index (χ2n) is 3.15. The molecule has 14 heavy (non-hydrogen) atoms. The Labute approximate surface area is 85.2 Å². The third-order valence-electron chi connectivity index (χ3n) is 1.93. The molecule has 0 fully saturated rings. The van der Waals surface area contributed by atoms with Gasteiger partial charge in [-0.1, -0.05) is 18.7 Å². The summed E-state index contributed by atoms with van der Waals surface area (Å²) >= 11 is 0. The monoisotopic (exact) mass is 192 g/mol. The molecule has 0 aromatic heterocycles. The van der Waals surface area contributed by atoms with Gasteiger partial charge in [-0.2, -0.15) is 0 Å². The van der Waals surface area contributed by atoms with Crippen LogP contribution >= 0.6 is 0 Å². The van der Waals surface area contributed by atoms with Gasteiger partial charge in [0.05, 0.1) is 13.2 Å². The predicted octanol–water partition coefficient (Wildman–Crippen LogP) is 2.62. The molecular formula is C12H16O2. The fraction of sp³-hybridized carbons (Fsp3) is 0.333. The molecule has 0 heterocycles. The summed E-state index contributed by atoms with van der Waals surface area (Å²) in [4.78, 5) is 0. The van der Waals surface area contributed by atoms with Crippen LogP contribution in [0.3, 0.4) is 0 Å². The molecule has 76 valence electrons. The van der Waals surface area contributed by atoms with Crippen molar-refractivity contribution in [3.8, 4) is 0 Å². The first kappa shape index (κ1) is 11.0. The molecule has 0 atom stereocenters. The van der Waals surface area contributed by atoms with Crippen LogP contribution in [-0.4, -0.2) is 14.2 Å². The van der Waals surface area contributed by atoms with E-state index in [1.807, 2.05) is 6.08 Å². The van der Waals surface area contributed by atoms with E-state index in [2.05, 4.69) is 24.8 Å². The molecule has 0 aliphatic rings. The smallest absolute Gasteiger partial charge is 0.0713 e. The highest BCUT2D eigenvalue weighted by molar-refractivity contribution is 5.49. The van der Waals surface area contributed by atoms with Crippen molar-refractivity contribution in [3.05, 3.63) is 41.5 Å². The number of hydrogen-bond donors (Lipinski definition) is 0. The van der Waals surface area contributed by atoms with Crippen molar-refractivity contribution >= 4 is 6.08 Å². The van der Waals surface area contributed by atoms with Crippen molar-refractivity contribution in [1.82, 2.24) is 0 Å². The van der Waals surface area contributed by atoms with E-state index in [1.165, 1.54) is 0 Å². The number of methoxy groups -OCH3 is 2. The van der Waals surface area contributed by atoms with Gasteiger partial charge in [-0.15, -0.1) is 0 Å². The summed E-state index contributed by atoms with van der Waals surface area (Å²) in [6, 6.07) is 6.21. The van der Waals surface area contributed by atoms with Gasteiger partial charge < -0.3 is 9.47 Å². The lowest BCUT2D eigenvalue weighted by molar-refractivity contribution is 0.180. The van der Waals surface area contributed by atoms with Crippen molar-refractivity contribution in [2.24, 2.45) is 0 Å². The van der Waals surface area contributed by atoms with E-state index in [0.717, 1.165) is 16.7 Å². The van der Waals surface area contributed by atoms with Crippen molar-refractivity contribution in [3.63, 3.8) is 0 Å². The number of rotatable bonds is 5. The quantitative estimate of drug-likeness (QED) is 0.714. The second-order valence-corrected chi connectivity index (χ2v) is 3.15. The van der Waals surface area contributed by atoms with E-state index in [-0.39, 0.29) is 0 Å². The fourth-order valence-electron chi connectivity index (χ4n) is 1.41. The summed E-state index contributed by atoms with van der Waals surface area (Å²) in [5.74, 6) is 0. The lowest BCUT2D eigenvalue weighted by Crippen LogP contribution is -1.94. The Hall–Kier alpha value is -1.12. The molecule has 0 saturated heterocycles. The molecule has 0 bridgehead atoms. The largest absolute Gasteiger partial charge is 0.380 e. The first-order valence-corrected chi connectivity index (χ1v) is 4.53. The average molecular weight is 192 g/mol. The zero-order chi connectivity index (χ0) is 10.4. The van der Waals surface area contributed by atoms with Gasteiger partial charge in [0.1, 0.15) is 0 Å². The molecule has 0 unspecified atom stereocenters. The van der Waals surface area contributed by atoms with E-state index >= 15 is 0 Å². The summed E-state index contributed by atoms with van der Waals surface area (Å²) in [5, 5.41) is 0. The van der Waals surface area contributed by atoms with Gasteiger partial charge in [-0.3, -0.25) is 0 Å². The van der Waals surface area contributed by atoms with Gasteiger partial charge in [0.25, 0.3) is 0 Å². The normalized spacial score (nSPS) is 10.1. The maximum Gasteiger partial charge on any atom is 0.0713 e. The van der Waals surface area contributed by atoms with Gasteiger partial charge in [0.2, 0.25) is 0 Å². The predicted molar refractivity (Wildman–Crippen MR) is 58.0 cm³/mol. The zero-order valence-electron chi connectivity index (χ0n) is 8.75. The zero-order valence-corrected chi connectivity index (χ0v) is 8.75. The van der Waals surface area contributed by atoms with Crippen molar-refractivity contribution in [2.45, 2.75) is 13.2 Å². The highest BCUT2D eigenvalue weighted by Gasteiger charge is 1.98. The maximum atomic E-state index is 5.09. The summed E-state index contributed by atoms with van der Waals surface area (Å²) in [6.45, 7) is 5.00. The Kier molecular flexibility index (Phi) is 4.36. The third-order valence-corrected chi connectivity index (χ3v) is 1.93. The second kappa shape index (κ2) is 5.58. The van der Waals surface area contributed by atoms with Gasteiger partial charge in [0, 0.05) is 14.2 Å². The van der Waals surface area contributed by atoms with Crippen LogP contribution in [-0.2, 0) is 22.7 Å². The fourth-order valence-corrected chi connectivity index (χ4v) is 1.41. The van der Waals surface area contributed by atoms with E-state index < -0.39 is 0 Å². The van der Waals surface area contributed by atoms with E-state index in [1.54, 1.807) is 14.2 Å². The maximum absolute atomic E-state index is 5.09. The Bertz CT molecular complexity index is 281. The molecule has 0 saturated carbocycles. The Morgan fingerprint density at radius 3 is 1.93 bits per heavy atom. The Morgan fingerprint density at radius 1 is 1.07 bits per heavy atom. The van der Waals surface area contributed by atoms with Gasteiger partial charge in [0.15, 0.2) is 0 Å². The highest BCUT2D eigenvalue weighted by atomic mass is 16.5. The topological polar surface area (TPSA) is 18.5 Å². The Balaban J connectivity index is 2.94. The van der Waals surface area contributed by atoms with Gasteiger partial charge in [-0.25, -0.2) is 0 Å². The SMILES string of the molecule is C=Cc1cc(COC)cc(COC)c1. The summed E-state index contributed by atoms with van der Waals surface area (Å²) in [7, 11) is 3.38. The molecule has 2 heteroatoms. The highest BCUT2D eigenvalue weighted by Crippen LogP contribution is 2.13. The van der Waals surface area contributed by atoms with Crippen molar-refractivity contribution < 1.29 is 9.47 Å². The molecule has 0 N–H and O–H groups in total. The molecule has 1 aromatic rings. The minimum atomic E-state index is 0.623. The molecule has 0 amide bonds. The van der Waals surface area contributed by atoms with Crippen LogP contribution in [0.4, 0.5) is 0 Å². The number of benzene rings is 1. The molecule has 2 nitrogen and oxygen atoms in total. The summed E-state index contributed by atoms with van der Waals surface area (Å²) in [6.07, 6.45) is 1.83. The van der Waals surface area contributed by atoms with Crippen LogP contribution in [0.2, 0.25) is 0 Å². The van der Waals surface area contributed by atoms with Crippen LogP contribution in [0.15, 0.2) is 24.8 Å². The van der Waals surface area contributed by atoms with Gasteiger partial charge in [-0.05, 0) is 28.8 Å². The average Bonchev–Trinajstić information content (AvgIpc) is 2.18. The molecule has 0 aliphatic carbocycles. The molecule has 0 aliphatic heterocycles. The molecule has 0 radical (unpaired) electrons. The number of hydrogen-bond acceptors (Lipinski definition) is 2. The van der Waals surface area contributed by atoms with E-state index in [9.17, 15) is 0 Å². The van der Waals surface area contributed by atoms with Crippen molar-refractivity contribution in [2.75, 3.05) is 14.2 Å². The van der Waals surface area contributed by atoms with Crippen LogP contribution in [0.25, 0.3) is 6.08 Å². The molecular weight excluding hydrogens is 176 g/mol. The van der Waals surface area contributed by atoms with Crippen LogP contribution in [0.1, 0.15) is 16.7 Å². The van der Waals surface area contributed by atoms with Crippen LogP contribution in [0, 0.1) is 0 Å².